The van der Waals surface area contributed by atoms with E-state index in [1.807, 2.05) is 18.2 Å². The highest BCUT2D eigenvalue weighted by Crippen LogP contribution is 2.40. The van der Waals surface area contributed by atoms with Crippen LogP contribution in [0.5, 0.6) is 0 Å². The largest absolute Gasteiger partial charge is 0.456 e. The first kappa shape index (κ1) is 18.7. The third-order valence-corrected chi connectivity index (χ3v) is 6.47. The molecule has 0 radical (unpaired) electrons. The predicted octanol–water partition coefficient (Wildman–Crippen LogP) is 7.62. The van der Waals surface area contributed by atoms with Gasteiger partial charge in [0.15, 0.2) is 0 Å². The second-order valence-electron chi connectivity index (χ2n) is 8.38. The standard InChI is InChI=1S/C30H17N3O/c31-17-19-12-14-25(32-18-19)20-6-5-7-21(16-20)33-26-10-3-1-8-22(26)23-13-15-28-29(30(23)33)24-9-2-4-11-27(24)34-28/h1-16,18H. The number of para-hydroxylation sites is 2. The lowest BCUT2D eigenvalue weighted by molar-refractivity contribution is 0.669. The Morgan fingerprint density at radius 3 is 2.44 bits per heavy atom. The van der Waals surface area contributed by atoms with Crippen molar-refractivity contribution in [3.8, 4) is 23.0 Å². The van der Waals surface area contributed by atoms with Crippen LogP contribution in [0.2, 0.25) is 0 Å². The molecule has 0 atom stereocenters. The first-order chi connectivity index (χ1) is 16.8. The molecule has 0 aliphatic heterocycles. The average Bonchev–Trinajstić information content (AvgIpc) is 3.44. The van der Waals surface area contributed by atoms with Gasteiger partial charge in [0.05, 0.1) is 27.7 Å². The number of rotatable bonds is 2. The Morgan fingerprint density at radius 1 is 0.735 bits per heavy atom. The number of nitriles is 1. The molecular weight excluding hydrogens is 418 g/mol. The monoisotopic (exact) mass is 435 g/mol. The number of pyridine rings is 1. The highest BCUT2D eigenvalue weighted by molar-refractivity contribution is 6.24. The average molecular weight is 435 g/mol. The Hall–Kier alpha value is -4.88. The van der Waals surface area contributed by atoms with Gasteiger partial charge in [0.25, 0.3) is 0 Å². The van der Waals surface area contributed by atoms with Gasteiger partial charge in [-0.3, -0.25) is 4.98 Å². The molecule has 0 amide bonds. The summed E-state index contributed by atoms with van der Waals surface area (Å²) in [7, 11) is 0. The van der Waals surface area contributed by atoms with Crippen LogP contribution in [0, 0.1) is 11.3 Å². The van der Waals surface area contributed by atoms with Crippen LogP contribution in [0.15, 0.2) is 108 Å². The van der Waals surface area contributed by atoms with Crippen molar-refractivity contribution >= 4 is 43.7 Å². The molecule has 34 heavy (non-hydrogen) atoms. The maximum atomic E-state index is 9.11. The number of hydrogen-bond donors (Lipinski definition) is 0. The molecule has 3 heterocycles. The minimum Gasteiger partial charge on any atom is -0.456 e. The van der Waals surface area contributed by atoms with E-state index >= 15 is 0 Å². The molecular formula is C30H17N3O. The summed E-state index contributed by atoms with van der Waals surface area (Å²) in [5, 5.41) is 13.7. The van der Waals surface area contributed by atoms with Crippen LogP contribution in [0.25, 0.3) is 60.7 Å². The zero-order valence-electron chi connectivity index (χ0n) is 18.1. The van der Waals surface area contributed by atoms with Gasteiger partial charge in [-0.15, -0.1) is 0 Å². The summed E-state index contributed by atoms with van der Waals surface area (Å²) in [4.78, 5) is 4.50. The van der Waals surface area contributed by atoms with E-state index in [9.17, 15) is 0 Å². The third-order valence-electron chi connectivity index (χ3n) is 6.47. The van der Waals surface area contributed by atoms with Crippen LogP contribution in [0.4, 0.5) is 0 Å². The maximum Gasteiger partial charge on any atom is 0.137 e. The molecule has 4 nitrogen and oxygen atoms in total. The third kappa shape index (κ3) is 2.61. The topological polar surface area (TPSA) is 54.8 Å². The molecule has 4 aromatic carbocycles. The molecule has 0 aliphatic rings. The fraction of sp³-hybridized carbons (Fsp3) is 0. The second kappa shape index (κ2) is 7.06. The van der Waals surface area contributed by atoms with Gasteiger partial charge in [-0.2, -0.15) is 5.26 Å². The van der Waals surface area contributed by atoms with Crippen molar-refractivity contribution in [2.75, 3.05) is 0 Å². The van der Waals surface area contributed by atoms with Crippen LogP contribution in [-0.2, 0) is 0 Å². The summed E-state index contributed by atoms with van der Waals surface area (Å²) in [6, 6.07) is 35.2. The van der Waals surface area contributed by atoms with E-state index in [0.29, 0.717) is 5.56 Å². The lowest BCUT2D eigenvalue weighted by atomic mass is 10.1. The van der Waals surface area contributed by atoms with E-state index in [4.69, 9.17) is 9.68 Å². The smallest absolute Gasteiger partial charge is 0.137 e. The van der Waals surface area contributed by atoms with Crippen LogP contribution in [0.1, 0.15) is 5.56 Å². The Morgan fingerprint density at radius 2 is 1.59 bits per heavy atom. The molecule has 0 spiro atoms. The molecule has 7 rings (SSSR count). The highest BCUT2D eigenvalue weighted by atomic mass is 16.3. The van der Waals surface area contributed by atoms with Crippen molar-refractivity contribution in [2.45, 2.75) is 0 Å². The van der Waals surface area contributed by atoms with Crippen LogP contribution < -0.4 is 0 Å². The van der Waals surface area contributed by atoms with Gasteiger partial charge in [-0.25, -0.2) is 0 Å². The minimum absolute atomic E-state index is 0.552. The van der Waals surface area contributed by atoms with E-state index in [-0.39, 0.29) is 0 Å². The van der Waals surface area contributed by atoms with Gasteiger partial charge in [-0.1, -0.05) is 48.5 Å². The maximum absolute atomic E-state index is 9.11. The quantitative estimate of drug-likeness (QED) is 0.281. The van der Waals surface area contributed by atoms with Gasteiger partial charge in [-0.05, 0) is 48.5 Å². The van der Waals surface area contributed by atoms with Crippen molar-refractivity contribution in [3.63, 3.8) is 0 Å². The number of nitrogens with zero attached hydrogens (tertiary/aromatic N) is 3. The highest BCUT2D eigenvalue weighted by Gasteiger charge is 2.18. The van der Waals surface area contributed by atoms with Gasteiger partial charge in [0, 0.05) is 33.6 Å². The fourth-order valence-corrected chi connectivity index (χ4v) is 4.97. The first-order valence-corrected chi connectivity index (χ1v) is 11.1. The van der Waals surface area contributed by atoms with E-state index in [1.165, 1.54) is 10.8 Å². The summed E-state index contributed by atoms with van der Waals surface area (Å²) in [6.45, 7) is 0. The number of furan rings is 1. The van der Waals surface area contributed by atoms with E-state index < -0.39 is 0 Å². The Labute approximate surface area is 194 Å². The Bertz CT molecular complexity index is 1920. The molecule has 4 heteroatoms. The van der Waals surface area contributed by atoms with Crippen molar-refractivity contribution in [1.29, 1.82) is 5.26 Å². The fourth-order valence-electron chi connectivity index (χ4n) is 4.97. The molecule has 7 aromatic rings. The number of fused-ring (bicyclic) bond motifs is 7. The predicted molar refractivity (Wildman–Crippen MR) is 136 cm³/mol. The SMILES string of the molecule is N#Cc1ccc(-c2cccc(-n3c4ccccc4c4ccc5oc6ccccc6c5c43)c2)nc1. The molecule has 0 saturated heterocycles. The summed E-state index contributed by atoms with van der Waals surface area (Å²) >= 11 is 0. The lowest BCUT2D eigenvalue weighted by Gasteiger charge is -2.11. The second-order valence-corrected chi connectivity index (χ2v) is 8.38. The zero-order chi connectivity index (χ0) is 22.6. The van der Waals surface area contributed by atoms with Gasteiger partial charge in [0.1, 0.15) is 17.2 Å². The normalized spacial score (nSPS) is 11.5. The Kier molecular flexibility index (Phi) is 3.88. The van der Waals surface area contributed by atoms with Crippen molar-refractivity contribution < 1.29 is 4.42 Å². The van der Waals surface area contributed by atoms with Crippen molar-refractivity contribution in [2.24, 2.45) is 0 Å². The Balaban J connectivity index is 1.59. The van der Waals surface area contributed by atoms with Gasteiger partial charge in [0.2, 0.25) is 0 Å². The summed E-state index contributed by atoms with van der Waals surface area (Å²) < 4.78 is 8.53. The molecule has 0 bridgehead atoms. The van der Waals surface area contributed by atoms with Gasteiger partial charge < -0.3 is 8.98 Å². The van der Waals surface area contributed by atoms with Gasteiger partial charge >= 0.3 is 0 Å². The summed E-state index contributed by atoms with van der Waals surface area (Å²) in [5.41, 5.74) is 7.47. The number of hydrogen-bond acceptors (Lipinski definition) is 3. The minimum atomic E-state index is 0.552. The summed E-state index contributed by atoms with van der Waals surface area (Å²) in [5.74, 6) is 0. The number of aromatic nitrogens is 2. The first-order valence-electron chi connectivity index (χ1n) is 11.1. The molecule has 0 unspecified atom stereocenters. The van der Waals surface area contributed by atoms with Crippen LogP contribution in [-0.4, -0.2) is 9.55 Å². The zero-order valence-corrected chi connectivity index (χ0v) is 18.1. The molecule has 0 N–H and O–H groups in total. The molecule has 0 saturated carbocycles. The lowest BCUT2D eigenvalue weighted by Crippen LogP contribution is -1.95. The van der Waals surface area contributed by atoms with E-state index in [0.717, 1.165) is 49.9 Å². The van der Waals surface area contributed by atoms with Crippen molar-refractivity contribution in [3.05, 3.63) is 109 Å². The summed E-state index contributed by atoms with van der Waals surface area (Å²) in [6.07, 6.45) is 1.61. The number of benzene rings is 4. The van der Waals surface area contributed by atoms with E-state index in [2.05, 4.69) is 88.4 Å². The van der Waals surface area contributed by atoms with Crippen LogP contribution >= 0.6 is 0 Å². The molecule has 158 valence electrons. The van der Waals surface area contributed by atoms with Crippen LogP contribution in [0.3, 0.4) is 0 Å². The molecule has 0 aliphatic carbocycles. The molecule has 0 fully saturated rings. The molecule has 3 aromatic heterocycles. The van der Waals surface area contributed by atoms with E-state index in [1.54, 1.807) is 12.3 Å². The van der Waals surface area contributed by atoms with Crippen molar-refractivity contribution in [1.82, 2.24) is 9.55 Å².